The van der Waals surface area contributed by atoms with Gasteiger partial charge in [0.1, 0.15) is 0 Å². The quantitative estimate of drug-likeness (QED) is 0.155. The molecule has 6 aromatic rings. The molecule has 4 nitrogen and oxygen atoms in total. The molecule has 0 atom stereocenters. The minimum Gasteiger partial charge on any atom is -0.310 e. The Morgan fingerprint density at radius 1 is 0.700 bits per heavy atom. The van der Waals surface area contributed by atoms with Crippen molar-refractivity contribution in [3.05, 3.63) is 180 Å². The zero-order valence-corrected chi connectivity index (χ0v) is 28.3. The van der Waals surface area contributed by atoms with E-state index in [1.807, 2.05) is 36.4 Å². The molecule has 2 aromatic heterocycles. The highest BCUT2D eigenvalue weighted by atomic mass is 15.0. The lowest BCUT2D eigenvalue weighted by atomic mass is 9.90. The molecule has 50 heavy (non-hydrogen) atoms. The monoisotopic (exact) mass is 646 g/mol. The van der Waals surface area contributed by atoms with Gasteiger partial charge in [-0.3, -0.25) is 0 Å². The SMILES string of the molecule is C=C/C=C(\C=C/C)C1=Cc2c(c3ccccc3n2-c2ccc(-c3ccc(-c4nc(C5=CCCC=C5)nc(-c5ccccc5)n4)cc3)cc2)CC1. The van der Waals surface area contributed by atoms with Gasteiger partial charge in [0.15, 0.2) is 17.5 Å². The zero-order chi connectivity index (χ0) is 33.9. The van der Waals surface area contributed by atoms with Crippen LogP contribution >= 0.6 is 0 Å². The lowest BCUT2D eigenvalue weighted by molar-refractivity contribution is 0.928. The fourth-order valence-corrected chi connectivity index (χ4v) is 7.06. The van der Waals surface area contributed by atoms with Crippen LogP contribution in [0.15, 0.2) is 163 Å². The zero-order valence-electron chi connectivity index (χ0n) is 28.3. The number of aryl methyl sites for hydroxylation is 1. The number of hydrogen-bond acceptors (Lipinski definition) is 3. The maximum absolute atomic E-state index is 4.93. The molecule has 0 saturated carbocycles. The number of rotatable bonds is 8. The summed E-state index contributed by atoms with van der Waals surface area (Å²) in [5, 5.41) is 1.32. The number of nitrogens with zero attached hydrogens (tertiary/aromatic N) is 4. The van der Waals surface area contributed by atoms with Crippen LogP contribution in [0, 0.1) is 0 Å². The molecule has 0 amide bonds. The summed E-state index contributed by atoms with van der Waals surface area (Å²) in [4.78, 5) is 14.7. The molecule has 0 bridgehead atoms. The summed E-state index contributed by atoms with van der Waals surface area (Å²) < 4.78 is 2.41. The van der Waals surface area contributed by atoms with E-state index < -0.39 is 0 Å². The van der Waals surface area contributed by atoms with Crippen molar-refractivity contribution in [1.82, 2.24) is 19.5 Å². The minimum absolute atomic E-state index is 0.674. The molecule has 242 valence electrons. The van der Waals surface area contributed by atoms with E-state index in [0.717, 1.165) is 59.2 Å². The molecule has 8 rings (SSSR count). The summed E-state index contributed by atoms with van der Waals surface area (Å²) in [5.41, 5.74) is 12.9. The first kappa shape index (κ1) is 31.2. The minimum atomic E-state index is 0.674. The van der Waals surface area contributed by atoms with Crippen LogP contribution in [-0.2, 0) is 6.42 Å². The number of aromatic nitrogens is 4. The lowest BCUT2D eigenvalue weighted by Crippen LogP contribution is -2.04. The second-order valence-electron chi connectivity index (χ2n) is 12.7. The van der Waals surface area contributed by atoms with Gasteiger partial charge in [0.05, 0.1) is 11.2 Å². The Morgan fingerprint density at radius 2 is 1.36 bits per heavy atom. The van der Waals surface area contributed by atoms with E-state index in [9.17, 15) is 0 Å². The lowest BCUT2D eigenvalue weighted by Gasteiger charge is -2.18. The first-order valence-electron chi connectivity index (χ1n) is 17.4. The van der Waals surface area contributed by atoms with Crippen molar-refractivity contribution in [2.45, 2.75) is 32.6 Å². The van der Waals surface area contributed by atoms with Crippen LogP contribution in [-0.4, -0.2) is 19.5 Å². The molecule has 2 aliphatic carbocycles. The number of para-hydroxylation sites is 1. The van der Waals surface area contributed by atoms with Crippen molar-refractivity contribution >= 4 is 22.6 Å². The van der Waals surface area contributed by atoms with E-state index in [2.05, 4.69) is 133 Å². The molecule has 0 unspecified atom stereocenters. The molecule has 0 N–H and O–H groups in total. The van der Waals surface area contributed by atoms with Gasteiger partial charge in [-0.25, -0.2) is 15.0 Å². The van der Waals surface area contributed by atoms with Crippen LogP contribution < -0.4 is 0 Å². The Hall–Kier alpha value is -6.13. The Morgan fingerprint density at radius 3 is 2.06 bits per heavy atom. The Labute approximate surface area is 293 Å². The molecular formula is C46H38N4. The third kappa shape index (κ3) is 6.01. The molecular weight excluding hydrogens is 609 g/mol. The van der Waals surface area contributed by atoms with E-state index in [1.165, 1.54) is 33.3 Å². The van der Waals surface area contributed by atoms with E-state index in [1.54, 1.807) is 0 Å². The van der Waals surface area contributed by atoms with Gasteiger partial charge < -0.3 is 4.57 Å². The first-order valence-corrected chi connectivity index (χ1v) is 17.4. The fraction of sp³-hybridized carbons (Fsp3) is 0.109. The van der Waals surface area contributed by atoms with E-state index >= 15 is 0 Å². The number of fused-ring (bicyclic) bond motifs is 3. The third-order valence-electron chi connectivity index (χ3n) is 9.51. The van der Waals surface area contributed by atoms with Gasteiger partial charge in [0.25, 0.3) is 0 Å². The third-order valence-corrected chi connectivity index (χ3v) is 9.51. The molecule has 2 aliphatic rings. The molecule has 4 heteroatoms. The summed E-state index contributed by atoms with van der Waals surface area (Å²) >= 11 is 0. The fourth-order valence-electron chi connectivity index (χ4n) is 7.06. The highest BCUT2D eigenvalue weighted by Crippen LogP contribution is 2.38. The number of hydrogen-bond donors (Lipinski definition) is 0. The number of benzene rings is 4. The van der Waals surface area contributed by atoms with Gasteiger partial charge in [-0.1, -0.05) is 134 Å². The van der Waals surface area contributed by atoms with Crippen LogP contribution in [0.5, 0.6) is 0 Å². The van der Waals surface area contributed by atoms with Crippen LogP contribution in [0.1, 0.15) is 43.3 Å². The standard InChI is InChI=1S/C46H38N4/c1-3-13-32(14-4-2)38-27-30-41-40-19-11-12-20-42(40)50(43(41)31-38)39-28-25-34(26-29-39)33-21-23-37(24-22-33)46-48-44(35-15-7-5-8-16-35)47-45(49-46)36-17-9-6-10-18-36/h3-5,7-9,11-26,28-29,31H,1,6,10,27,30H2,2H3/b14-4-,32-13+. The van der Waals surface area contributed by atoms with Crippen molar-refractivity contribution < 1.29 is 0 Å². The summed E-state index contributed by atoms with van der Waals surface area (Å²) in [6, 6.07) is 36.4. The molecule has 4 aromatic carbocycles. The maximum Gasteiger partial charge on any atom is 0.164 e. The Bertz CT molecular complexity index is 2360. The predicted octanol–water partition coefficient (Wildman–Crippen LogP) is 11.6. The second-order valence-corrected chi connectivity index (χ2v) is 12.7. The van der Waals surface area contributed by atoms with Gasteiger partial charge in [0, 0.05) is 27.8 Å². The van der Waals surface area contributed by atoms with Crippen LogP contribution in [0.2, 0.25) is 0 Å². The molecule has 0 aliphatic heterocycles. The van der Waals surface area contributed by atoms with Gasteiger partial charge in [-0.2, -0.15) is 0 Å². The van der Waals surface area contributed by atoms with Crippen LogP contribution in [0.4, 0.5) is 0 Å². The predicted molar refractivity (Wildman–Crippen MR) is 209 cm³/mol. The van der Waals surface area contributed by atoms with Crippen molar-refractivity contribution in [1.29, 1.82) is 0 Å². The van der Waals surface area contributed by atoms with Gasteiger partial charge in [-0.05, 0) is 84.7 Å². The molecule has 0 saturated heterocycles. The normalized spacial score (nSPS) is 14.5. The van der Waals surface area contributed by atoms with Crippen LogP contribution in [0.25, 0.3) is 62.1 Å². The second kappa shape index (κ2) is 13.8. The van der Waals surface area contributed by atoms with Crippen molar-refractivity contribution in [2.24, 2.45) is 0 Å². The van der Waals surface area contributed by atoms with Crippen molar-refractivity contribution in [3.8, 4) is 39.6 Å². The number of allylic oxidation sites excluding steroid dienone is 10. The summed E-state index contributed by atoms with van der Waals surface area (Å²) in [7, 11) is 0. The summed E-state index contributed by atoms with van der Waals surface area (Å²) in [6.07, 6.45) is 21.2. The van der Waals surface area contributed by atoms with Gasteiger partial charge >= 0.3 is 0 Å². The average Bonchev–Trinajstić information content (AvgIpc) is 3.52. The molecule has 0 spiro atoms. The summed E-state index contributed by atoms with van der Waals surface area (Å²) in [5.74, 6) is 2.07. The van der Waals surface area contributed by atoms with E-state index in [4.69, 9.17) is 15.0 Å². The topological polar surface area (TPSA) is 43.6 Å². The molecule has 0 radical (unpaired) electrons. The van der Waals surface area contributed by atoms with Gasteiger partial charge in [-0.15, -0.1) is 0 Å². The van der Waals surface area contributed by atoms with E-state index in [0.29, 0.717) is 17.5 Å². The Kier molecular flexibility index (Phi) is 8.58. The average molecular weight is 647 g/mol. The molecule has 0 fully saturated rings. The van der Waals surface area contributed by atoms with Gasteiger partial charge in [0.2, 0.25) is 0 Å². The highest BCUT2D eigenvalue weighted by Gasteiger charge is 2.22. The highest BCUT2D eigenvalue weighted by molar-refractivity contribution is 5.91. The van der Waals surface area contributed by atoms with Crippen LogP contribution in [0.3, 0.4) is 0 Å². The summed E-state index contributed by atoms with van der Waals surface area (Å²) in [6.45, 7) is 6.02. The molecule has 2 heterocycles. The van der Waals surface area contributed by atoms with Crippen molar-refractivity contribution in [2.75, 3.05) is 0 Å². The largest absolute Gasteiger partial charge is 0.310 e. The Balaban J connectivity index is 1.13. The van der Waals surface area contributed by atoms with E-state index in [-0.39, 0.29) is 0 Å². The maximum atomic E-state index is 4.93. The van der Waals surface area contributed by atoms with Crippen molar-refractivity contribution in [3.63, 3.8) is 0 Å². The smallest absolute Gasteiger partial charge is 0.164 e. The first-order chi connectivity index (χ1) is 24.7.